The summed E-state index contributed by atoms with van der Waals surface area (Å²) in [5.41, 5.74) is -1.90. The highest BCUT2D eigenvalue weighted by molar-refractivity contribution is 5.76. The maximum atomic E-state index is 11.2. The van der Waals surface area contributed by atoms with Gasteiger partial charge in [0.05, 0.1) is 6.61 Å². The third-order valence-electron chi connectivity index (χ3n) is 1.38. The van der Waals surface area contributed by atoms with E-state index in [1.807, 2.05) is 0 Å². The van der Waals surface area contributed by atoms with Crippen molar-refractivity contribution in [2.45, 2.75) is 38.8 Å². The Hall–Kier alpha value is -1.10. The maximum absolute atomic E-state index is 11.2. The fourth-order valence-electron chi connectivity index (χ4n) is 0.643. The molecule has 0 radical (unpaired) electrons. The van der Waals surface area contributed by atoms with Crippen molar-refractivity contribution < 1.29 is 19.4 Å². The predicted molar refractivity (Wildman–Crippen MR) is 50.9 cm³/mol. The number of amides is 1. The third-order valence-corrected chi connectivity index (χ3v) is 1.38. The lowest BCUT2D eigenvalue weighted by Crippen LogP contribution is -2.51. The highest BCUT2D eigenvalue weighted by atomic mass is 16.6. The van der Waals surface area contributed by atoms with E-state index >= 15 is 0 Å². The first-order valence-electron chi connectivity index (χ1n) is 4.31. The highest BCUT2D eigenvalue weighted by Gasteiger charge is 2.27. The molecule has 0 heterocycles. The number of hydrogen-bond donors (Lipinski definition) is 2. The summed E-state index contributed by atoms with van der Waals surface area (Å²) in [6.45, 7) is 6.08. The molecule has 82 valence electrons. The summed E-state index contributed by atoms with van der Waals surface area (Å²) in [4.78, 5) is 21.7. The van der Waals surface area contributed by atoms with Gasteiger partial charge in [-0.3, -0.25) is 0 Å². The van der Waals surface area contributed by atoms with E-state index in [-0.39, 0.29) is 0 Å². The second kappa shape index (κ2) is 4.41. The number of nitrogens with one attached hydrogen (secondary N) is 1. The summed E-state index contributed by atoms with van der Waals surface area (Å²) >= 11 is 0. The number of alkyl carbamates (subject to hydrolysis) is 1. The zero-order chi connectivity index (χ0) is 11.4. The third kappa shape index (κ3) is 4.81. The van der Waals surface area contributed by atoms with Crippen molar-refractivity contribution in [2.75, 3.05) is 6.61 Å². The molecule has 0 fully saturated rings. The lowest BCUT2D eigenvalue weighted by atomic mass is 10.1. The van der Waals surface area contributed by atoms with Crippen LogP contribution in [-0.2, 0) is 9.53 Å². The molecule has 0 aromatic rings. The Kier molecular flexibility index (Phi) is 4.07. The first-order valence-corrected chi connectivity index (χ1v) is 4.31. The Morgan fingerprint density at radius 3 is 2.21 bits per heavy atom. The molecule has 0 aromatic carbocycles. The SMILES string of the molecule is CC(C)(C)OC(=O)N[C@](C)(C=O)CO. The monoisotopic (exact) mass is 203 g/mol. The van der Waals surface area contributed by atoms with Crippen molar-refractivity contribution in [1.82, 2.24) is 5.32 Å². The molecule has 0 bridgehead atoms. The number of ether oxygens (including phenoxy) is 1. The minimum atomic E-state index is -1.28. The molecular weight excluding hydrogens is 186 g/mol. The van der Waals surface area contributed by atoms with Crippen LogP contribution in [0.2, 0.25) is 0 Å². The summed E-state index contributed by atoms with van der Waals surface area (Å²) in [7, 11) is 0. The van der Waals surface area contributed by atoms with Gasteiger partial charge in [0.15, 0.2) is 0 Å². The van der Waals surface area contributed by atoms with Crippen molar-refractivity contribution in [3.63, 3.8) is 0 Å². The van der Waals surface area contributed by atoms with Crippen LogP contribution in [0.25, 0.3) is 0 Å². The normalized spacial score (nSPS) is 15.5. The molecule has 5 nitrogen and oxygen atoms in total. The lowest BCUT2D eigenvalue weighted by molar-refractivity contribution is -0.114. The molecule has 2 N–H and O–H groups in total. The van der Waals surface area contributed by atoms with Crippen molar-refractivity contribution in [2.24, 2.45) is 0 Å². The largest absolute Gasteiger partial charge is 0.444 e. The van der Waals surface area contributed by atoms with Gasteiger partial charge in [0, 0.05) is 0 Å². The minimum absolute atomic E-state index is 0.463. The van der Waals surface area contributed by atoms with E-state index in [0.29, 0.717) is 6.29 Å². The summed E-state index contributed by atoms with van der Waals surface area (Å²) in [5, 5.41) is 11.1. The predicted octanol–water partition coefficient (Wildman–Crippen LogP) is 0.461. The van der Waals surface area contributed by atoms with E-state index in [0.717, 1.165) is 0 Å². The van der Waals surface area contributed by atoms with Crippen LogP contribution in [0.5, 0.6) is 0 Å². The Balaban J connectivity index is 4.25. The van der Waals surface area contributed by atoms with Crippen LogP contribution in [0.1, 0.15) is 27.7 Å². The van der Waals surface area contributed by atoms with Gasteiger partial charge in [-0.2, -0.15) is 0 Å². The van der Waals surface area contributed by atoms with E-state index in [9.17, 15) is 9.59 Å². The highest BCUT2D eigenvalue weighted by Crippen LogP contribution is 2.08. The van der Waals surface area contributed by atoms with Crippen LogP contribution in [0, 0.1) is 0 Å². The van der Waals surface area contributed by atoms with Gasteiger partial charge >= 0.3 is 6.09 Å². The molecular formula is C9H17NO4. The Bertz CT molecular complexity index is 221. The van der Waals surface area contributed by atoms with Gasteiger partial charge in [-0.05, 0) is 27.7 Å². The maximum Gasteiger partial charge on any atom is 0.408 e. The van der Waals surface area contributed by atoms with Gasteiger partial charge in [0.1, 0.15) is 17.4 Å². The fraction of sp³-hybridized carbons (Fsp3) is 0.778. The molecule has 0 aliphatic heterocycles. The number of aldehydes is 1. The molecule has 0 saturated heterocycles. The molecule has 0 spiro atoms. The van der Waals surface area contributed by atoms with Gasteiger partial charge in [0.2, 0.25) is 0 Å². The molecule has 0 saturated carbocycles. The van der Waals surface area contributed by atoms with Gasteiger partial charge < -0.3 is 20.0 Å². The number of carbonyl (C=O) groups excluding carboxylic acids is 2. The summed E-state index contributed by atoms with van der Waals surface area (Å²) in [6, 6.07) is 0. The molecule has 0 aliphatic rings. The van der Waals surface area contributed by atoms with Crippen LogP contribution in [0.15, 0.2) is 0 Å². The molecule has 14 heavy (non-hydrogen) atoms. The number of aliphatic hydroxyl groups excluding tert-OH is 1. The standard InChI is InChI=1S/C9H17NO4/c1-8(2,3)14-7(13)10-9(4,5-11)6-12/h5,12H,6H2,1-4H3,(H,10,13)/t9-/m1/s1. The molecule has 0 unspecified atom stereocenters. The number of hydrogen-bond acceptors (Lipinski definition) is 4. The smallest absolute Gasteiger partial charge is 0.408 e. The topological polar surface area (TPSA) is 75.6 Å². The summed E-state index contributed by atoms with van der Waals surface area (Å²) in [6.07, 6.45) is -0.252. The van der Waals surface area contributed by atoms with Crippen LogP contribution in [0.3, 0.4) is 0 Å². The van der Waals surface area contributed by atoms with Crippen molar-refractivity contribution >= 4 is 12.4 Å². The molecule has 0 aromatic heterocycles. The zero-order valence-corrected chi connectivity index (χ0v) is 8.96. The Morgan fingerprint density at radius 1 is 1.43 bits per heavy atom. The average molecular weight is 203 g/mol. The fourth-order valence-corrected chi connectivity index (χ4v) is 0.643. The Labute approximate surface area is 83.4 Å². The Morgan fingerprint density at radius 2 is 1.93 bits per heavy atom. The molecule has 0 rings (SSSR count). The molecule has 1 amide bonds. The second-order valence-electron chi connectivity index (χ2n) is 4.32. The number of carbonyl (C=O) groups is 2. The molecule has 5 heteroatoms. The summed E-state index contributed by atoms with van der Waals surface area (Å²) in [5.74, 6) is 0. The van der Waals surface area contributed by atoms with E-state index in [1.54, 1.807) is 20.8 Å². The number of rotatable bonds is 3. The van der Waals surface area contributed by atoms with Gasteiger partial charge in [-0.1, -0.05) is 0 Å². The lowest BCUT2D eigenvalue weighted by Gasteiger charge is -2.25. The van der Waals surface area contributed by atoms with E-state index in [1.165, 1.54) is 6.92 Å². The van der Waals surface area contributed by atoms with Crippen LogP contribution < -0.4 is 5.32 Å². The van der Waals surface area contributed by atoms with Crippen molar-refractivity contribution in [3.8, 4) is 0 Å². The van der Waals surface area contributed by atoms with Crippen LogP contribution >= 0.6 is 0 Å². The van der Waals surface area contributed by atoms with E-state index in [4.69, 9.17) is 9.84 Å². The molecule has 0 aliphatic carbocycles. The van der Waals surface area contributed by atoms with Crippen LogP contribution in [0.4, 0.5) is 4.79 Å². The summed E-state index contributed by atoms with van der Waals surface area (Å²) < 4.78 is 4.92. The quantitative estimate of drug-likeness (QED) is 0.653. The second-order valence-corrected chi connectivity index (χ2v) is 4.32. The average Bonchev–Trinajstić information content (AvgIpc) is 2.00. The van der Waals surface area contributed by atoms with Crippen LogP contribution in [-0.4, -0.2) is 35.2 Å². The van der Waals surface area contributed by atoms with Gasteiger partial charge in [0.25, 0.3) is 0 Å². The van der Waals surface area contributed by atoms with Crippen molar-refractivity contribution in [1.29, 1.82) is 0 Å². The van der Waals surface area contributed by atoms with E-state index in [2.05, 4.69) is 5.32 Å². The first-order chi connectivity index (χ1) is 6.22. The number of aliphatic hydroxyl groups is 1. The van der Waals surface area contributed by atoms with Gasteiger partial charge in [-0.25, -0.2) is 4.79 Å². The minimum Gasteiger partial charge on any atom is -0.444 e. The first kappa shape index (κ1) is 12.9. The van der Waals surface area contributed by atoms with Crippen molar-refractivity contribution in [3.05, 3.63) is 0 Å². The van der Waals surface area contributed by atoms with Gasteiger partial charge in [-0.15, -0.1) is 0 Å². The molecule has 1 atom stereocenters. The van der Waals surface area contributed by atoms with E-state index < -0.39 is 23.8 Å². The zero-order valence-electron chi connectivity index (χ0n) is 8.96.